The maximum atomic E-state index is 6.08. The van der Waals surface area contributed by atoms with Gasteiger partial charge in [-0.1, -0.05) is 46.9 Å². The number of hydrogen-bond donors (Lipinski definition) is 0. The second-order valence-electron chi connectivity index (χ2n) is 3.95. The molecule has 0 radical (unpaired) electrons. The monoisotopic (exact) mass is 327 g/mol. The number of rotatable bonds is 4. The highest BCUT2D eigenvalue weighted by Gasteiger charge is 2.05. The van der Waals surface area contributed by atoms with Gasteiger partial charge in [-0.05, 0) is 31.2 Å². The third kappa shape index (κ3) is 3.66. The van der Waals surface area contributed by atoms with Crippen molar-refractivity contribution in [3.05, 3.63) is 57.0 Å². The SMILES string of the molecule is CCOc1ccccc1C=Nc1cc(Cl)c(Cl)cc1Cl. The Kier molecular flexibility index (Phi) is 5.30. The Morgan fingerprint density at radius 2 is 1.75 bits per heavy atom. The minimum atomic E-state index is 0.408. The van der Waals surface area contributed by atoms with E-state index in [-0.39, 0.29) is 0 Å². The number of benzene rings is 2. The molecule has 0 fully saturated rings. The molecule has 0 heterocycles. The van der Waals surface area contributed by atoms with Crippen molar-refractivity contribution in [3.63, 3.8) is 0 Å². The molecule has 2 aromatic carbocycles. The fraction of sp³-hybridized carbons (Fsp3) is 0.133. The molecule has 0 bridgehead atoms. The number of aliphatic imine (C=N–C) groups is 1. The summed E-state index contributed by atoms with van der Waals surface area (Å²) in [5.74, 6) is 0.773. The minimum absolute atomic E-state index is 0.408. The van der Waals surface area contributed by atoms with Crippen LogP contribution in [0.3, 0.4) is 0 Å². The van der Waals surface area contributed by atoms with Crippen molar-refractivity contribution >= 4 is 46.7 Å². The lowest BCUT2D eigenvalue weighted by atomic mass is 10.2. The zero-order chi connectivity index (χ0) is 14.5. The Morgan fingerprint density at radius 3 is 2.50 bits per heavy atom. The molecule has 0 spiro atoms. The highest BCUT2D eigenvalue weighted by atomic mass is 35.5. The first-order chi connectivity index (χ1) is 9.61. The smallest absolute Gasteiger partial charge is 0.128 e. The Morgan fingerprint density at radius 1 is 1.05 bits per heavy atom. The summed E-state index contributed by atoms with van der Waals surface area (Å²) in [6, 6.07) is 10.8. The summed E-state index contributed by atoms with van der Waals surface area (Å²) in [4.78, 5) is 4.34. The van der Waals surface area contributed by atoms with Crippen LogP contribution in [-0.2, 0) is 0 Å². The van der Waals surface area contributed by atoms with Crippen molar-refractivity contribution in [2.24, 2.45) is 4.99 Å². The van der Waals surface area contributed by atoms with Gasteiger partial charge in [0.15, 0.2) is 0 Å². The lowest BCUT2D eigenvalue weighted by Crippen LogP contribution is -1.95. The van der Waals surface area contributed by atoms with Crippen LogP contribution < -0.4 is 4.74 Å². The summed E-state index contributed by atoms with van der Waals surface area (Å²) in [6.07, 6.45) is 1.69. The van der Waals surface area contributed by atoms with E-state index < -0.39 is 0 Å². The molecule has 0 saturated heterocycles. The molecule has 2 aromatic rings. The number of ether oxygens (including phenoxy) is 1. The first kappa shape index (κ1) is 15.2. The van der Waals surface area contributed by atoms with E-state index >= 15 is 0 Å². The highest BCUT2D eigenvalue weighted by Crippen LogP contribution is 2.34. The average Bonchev–Trinajstić information content (AvgIpc) is 2.43. The maximum absolute atomic E-state index is 6.08. The largest absolute Gasteiger partial charge is 0.493 e. The number of halogens is 3. The van der Waals surface area contributed by atoms with Crippen LogP contribution >= 0.6 is 34.8 Å². The van der Waals surface area contributed by atoms with E-state index in [1.54, 1.807) is 18.3 Å². The predicted molar refractivity (Wildman–Crippen MR) is 86.3 cm³/mol. The first-order valence-electron chi connectivity index (χ1n) is 6.02. The zero-order valence-electron chi connectivity index (χ0n) is 10.7. The van der Waals surface area contributed by atoms with Gasteiger partial charge in [-0.2, -0.15) is 0 Å². The topological polar surface area (TPSA) is 21.6 Å². The van der Waals surface area contributed by atoms with Crippen molar-refractivity contribution < 1.29 is 4.74 Å². The lowest BCUT2D eigenvalue weighted by Gasteiger charge is -2.06. The Labute approximate surface area is 133 Å². The van der Waals surface area contributed by atoms with Crippen molar-refractivity contribution in [2.75, 3.05) is 6.61 Å². The third-order valence-electron chi connectivity index (χ3n) is 2.55. The number of hydrogen-bond acceptors (Lipinski definition) is 2. The third-order valence-corrected chi connectivity index (χ3v) is 3.58. The molecule has 0 aliphatic heterocycles. The normalized spacial score (nSPS) is 11.0. The molecule has 0 aliphatic carbocycles. The average molecular weight is 329 g/mol. The van der Waals surface area contributed by atoms with Gasteiger partial charge < -0.3 is 4.74 Å². The summed E-state index contributed by atoms with van der Waals surface area (Å²) in [5, 5.41) is 1.27. The standard InChI is InChI=1S/C15H12Cl3NO/c1-2-20-15-6-4-3-5-10(15)9-19-14-8-12(17)11(16)7-13(14)18/h3-9H,2H2,1H3. The molecular formula is C15H12Cl3NO. The van der Waals surface area contributed by atoms with Gasteiger partial charge in [0.05, 0.1) is 27.4 Å². The Bertz CT molecular complexity index is 641. The van der Waals surface area contributed by atoms with E-state index in [0.717, 1.165) is 11.3 Å². The quantitative estimate of drug-likeness (QED) is 0.513. The van der Waals surface area contributed by atoms with Gasteiger partial charge in [-0.25, -0.2) is 0 Å². The molecule has 20 heavy (non-hydrogen) atoms. The summed E-state index contributed by atoms with van der Waals surface area (Å²) < 4.78 is 5.53. The fourth-order valence-electron chi connectivity index (χ4n) is 1.62. The van der Waals surface area contributed by atoms with Gasteiger partial charge >= 0.3 is 0 Å². The molecule has 2 nitrogen and oxygen atoms in total. The first-order valence-corrected chi connectivity index (χ1v) is 7.15. The minimum Gasteiger partial charge on any atom is -0.493 e. The predicted octanol–water partition coefficient (Wildman–Crippen LogP) is 5.80. The molecule has 2 rings (SSSR count). The Balaban J connectivity index is 2.32. The molecule has 0 aliphatic rings. The molecule has 0 saturated carbocycles. The van der Waals surface area contributed by atoms with E-state index in [1.807, 2.05) is 31.2 Å². The van der Waals surface area contributed by atoms with Crippen LogP contribution in [0.1, 0.15) is 12.5 Å². The molecule has 0 amide bonds. The van der Waals surface area contributed by atoms with E-state index in [1.165, 1.54) is 0 Å². The molecule has 0 aromatic heterocycles. The van der Waals surface area contributed by atoms with Gasteiger partial charge in [0, 0.05) is 11.8 Å². The number of para-hydroxylation sites is 1. The van der Waals surface area contributed by atoms with Crippen LogP contribution in [0.25, 0.3) is 0 Å². The van der Waals surface area contributed by atoms with Crippen molar-refractivity contribution in [1.82, 2.24) is 0 Å². The number of nitrogens with zero attached hydrogens (tertiary/aromatic N) is 1. The van der Waals surface area contributed by atoms with Crippen molar-refractivity contribution in [1.29, 1.82) is 0 Å². The van der Waals surface area contributed by atoms with Gasteiger partial charge in [0.25, 0.3) is 0 Å². The van der Waals surface area contributed by atoms with E-state index in [0.29, 0.717) is 27.4 Å². The lowest BCUT2D eigenvalue weighted by molar-refractivity contribution is 0.340. The van der Waals surface area contributed by atoms with Gasteiger partial charge in [-0.3, -0.25) is 4.99 Å². The van der Waals surface area contributed by atoms with Gasteiger partial charge in [0.2, 0.25) is 0 Å². The van der Waals surface area contributed by atoms with Crippen LogP contribution in [0.2, 0.25) is 15.1 Å². The van der Waals surface area contributed by atoms with Gasteiger partial charge in [0.1, 0.15) is 5.75 Å². The van der Waals surface area contributed by atoms with E-state index in [4.69, 9.17) is 39.5 Å². The maximum Gasteiger partial charge on any atom is 0.128 e. The van der Waals surface area contributed by atoms with Crippen molar-refractivity contribution in [2.45, 2.75) is 6.92 Å². The van der Waals surface area contributed by atoms with E-state index in [2.05, 4.69) is 4.99 Å². The Hall–Kier alpha value is -1.22. The van der Waals surface area contributed by atoms with E-state index in [9.17, 15) is 0 Å². The fourth-order valence-corrected chi connectivity index (χ4v) is 2.21. The molecule has 5 heteroatoms. The summed E-state index contributed by atoms with van der Waals surface area (Å²) >= 11 is 17.9. The van der Waals surface area contributed by atoms with Gasteiger partial charge in [-0.15, -0.1) is 0 Å². The molecule has 104 valence electrons. The molecule has 0 N–H and O–H groups in total. The van der Waals surface area contributed by atoms with Crippen LogP contribution in [-0.4, -0.2) is 12.8 Å². The summed E-state index contributed by atoms with van der Waals surface area (Å²) in [7, 11) is 0. The van der Waals surface area contributed by atoms with Crippen LogP contribution in [0, 0.1) is 0 Å². The molecular weight excluding hydrogens is 317 g/mol. The van der Waals surface area contributed by atoms with Crippen LogP contribution in [0.15, 0.2) is 41.4 Å². The van der Waals surface area contributed by atoms with Crippen molar-refractivity contribution in [3.8, 4) is 5.75 Å². The summed E-state index contributed by atoms with van der Waals surface area (Å²) in [6.45, 7) is 2.53. The van der Waals surface area contributed by atoms with Crippen LogP contribution in [0.5, 0.6) is 5.75 Å². The highest BCUT2D eigenvalue weighted by molar-refractivity contribution is 6.43. The van der Waals surface area contributed by atoms with Crippen LogP contribution in [0.4, 0.5) is 5.69 Å². The molecule has 0 unspecified atom stereocenters. The zero-order valence-corrected chi connectivity index (χ0v) is 13.0. The second kappa shape index (κ2) is 6.98. The second-order valence-corrected chi connectivity index (χ2v) is 5.17. The molecule has 0 atom stereocenters. The summed E-state index contributed by atoms with van der Waals surface area (Å²) in [5.41, 5.74) is 1.43.